The smallest absolute Gasteiger partial charge is 0.132 e. The Labute approximate surface area is 72.6 Å². The van der Waals surface area contributed by atoms with Crippen molar-refractivity contribution < 1.29 is 4.74 Å². The summed E-state index contributed by atoms with van der Waals surface area (Å²) in [6.07, 6.45) is 3.72. The minimum absolute atomic E-state index is 0.788. The van der Waals surface area contributed by atoms with E-state index in [1.807, 2.05) is 0 Å². The third kappa shape index (κ3) is 2.30. The van der Waals surface area contributed by atoms with E-state index in [9.17, 15) is 0 Å². The summed E-state index contributed by atoms with van der Waals surface area (Å²) in [5.74, 6) is 1.05. The number of nitrogens with zero attached hydrogens (tertiary/aromatic N) is 3. The average Bonchev–Trinajstić information content (AvgIpc) is 2.52. The van der Waals surface area contributed by atoms with Crippen LogP contribution in [0.25, 0.3) is 0 Å². The fraction of sp³-hybridized carbons (Fsp3) is 0.750. The van der Waals surface area contributed by atoms with Crippen molar-refractivity contribution in [3.05, 3.63) is 12.2 Å². The molecule has 68 valence electrons. The maximum atomic E-state index is 4.96. The van der Waals surface area contributed by atoms with Crippen molar-refractivity contribution in [1.29, 1.82) is 0 Å². The fourth-order valence-electron chi connectivity index (χ4n) is 1.11. The van der Waals surface area contributed by atoms with E-state index in [1.54, 1.807) is 13.4 Å². The van der Waals surface area contributed by atoms with Crippen LogP contribution in [-0.2, 0) is 17.7 Å². The lowest BCUT2D eigenvalue weighted by Gasteiger charge is -2.01. The normalized spacial score (nSPS) is 10.5. The van der Waals surface area contributed by atoms with Crippen LogP contribution in [0.3, 0.4) is 0 Å². The van der Waals surface area contributed by atoms with E-state index in [1.165, 1.54) is 0 Å². The Balaban J connectivity index is 2.39. The van der Waals surface area contributed by atoms with Crippen LogP contribution in [0.4, 0.5) is 0 Å². The Morgan fingerprint density at radius 3 is 3.08 bits per heavy atom. The van der Waals surface area contributed by atoms with Crippen LogP contribution < -0.4 is 0 Å². The van der Waals surface area contributed by atoms with Crippen LogP contribution in [0, 0.1) is 0 Å². The SMILES string of the molecule is CCn1cnnc1CCCOC. The molecule has 1 rings (SSSR count). The molecule has 0 N–H and O–H groups in total. The molecular formula is C8H15N3O. The lowest BCUT2D eigenvalue weighted by molar-refractivity contribution is 0.194. The van der Waals surface area contributed by atoms with Gasteiger partial charge in [0.25, 0.3) is 0 Å². The largest absolute Gasteiger partial charge is 0.385 e. The summed E-state index contributed by atoms with van der Waals surface area (Å²) in [6, 6.07) is 0. The number of hydrogen-bond donors (Lipinski definition) is 0. The van der Waals surface area contributed by atoms with E-state index in [0.717, 1.165) is 31.8 Å². The Morgan fingerprint density at radius 1 is 1.58 bits per heavy atom. The molecule has 0 amide bonds. The van der Waals surface area contributed by atoms with Crippen LogP contribution >= 0.6 is 0 Å². The molecule has 4 nitrogen and oxygen atoms in total. The first-order valence-corrected chi connectivity index (χ1v) is 4.24. The lowest BCUT2D eigenvalue weighted by atomic mass is 10.3. The van der Waals surface area contributed by atoms with Crippen molar-refractivity contribution in [2.75, 3.05) is 13.7 Å². The quantitative estimate of drug-likeness (QED) is 0.614. The molecule has 0 unspecified atom stereocenters. The minimum atomic E-state index is 0.788. The van der Waals surface area contributed by atoms with Gasteiger partial charge in [-0.1, -0.05) is 0 Å². The lowest BCUT2D eigenvalue weighted by Crippen LogP contribution is -2.02. The molecule has 1 aromatic rings. The third-order valence-electron chi connectivity index (χ3n) is 1.79. The molecular weight excluding hydrogens is 154 g/mol. The van der Waals surface area contributed by atoms with Gasteiger partial charge in [0, 0.05) is 26.7 Å². The molecule has 4 heteroatoms. The summed E-state index contributed by atoms with van der Waals surface area (Å²) in [7, 11) is 1.71. The van der Waals surface area contributed by atoms with Gasteiger partial charge in [-0.25, -0.2) is 0 Å². The van der Waals surface area contributed by atoms with E-state index in [2.05, 4.69) is 21.7 Å². The van der Waals surface area contributed by atoms with Gasteiger partial charge in [-0.3, -0.25) is 0 Å². The van der Waals surface area contributed by atoms with Gasteiger partial charge in [0.2, 0.25) is 0 Å². The standard InChI is InChI=1S/C8H15N3O/c1-3-11-7-9-10-8(11)5-4-6-12-2/h7H,3-6H2,1-2H3. The Morgan fingerprint density at radius 2 is 2.42 bits per heavy atom. The molecule has 0 saturated carbocycles. The Kier molecular flexibility index (Phi) is 3.73. The number of rotatable bonds is 5. The van der Waals surface area contributed by atoms with Gasteiger partial charge in [0.05, 0.1) is 0 Å². The first-order chi connectivity index (χ1) is 5.88. The highest BCUT2D eigenvalue weighted by molar-refractivity contribution is 4.85. The van der Waals surface area contributed by atoms with E-state index in [-0.39, 0.29) is 0 Å². The molecule has 0 spiro atoms. The summed E-state index contributed by atoms with van der Waals surface area (Å²) in [5, 5.41) is 7.86. The molecule has 1 aromatic heterocycles. The van der Waals surface area contributed by atoms with E-state index < -0.39 is 0 Å². The second-order valence-corrected chi connectivity index (χ2v) is 2.63. The van der Waals surface area contributed by atoms with Crippen LogP contribution in [0.5, 0.6) is 0 Å². The maximum absolute atomic E-state index is 4.96. The molecule has 0 atom stereocenters. The molecule has 0 aliphatic carbocycles. The zero-order valence-corrected chi connectivity index (χ0v) is 7.66. The van der Waals surface area contributed by atoms with Crippen LogP contribution in [0.15, 0.2) is 6.33 Å². The number of hydrogen-bond acceptors (Lipinski definition) is 3. The molecule has 0 bridgehead atoms. The zero-order chi connectivity index (χ0) is 8.81. The molecule has 0 aromatic carbocycles. The maximum Gasteiger partial charge on any atom is 0.132 e. The highest BCUT2D eigenvalue weighted by atomic mass is 16.5. The van der Waals surface area contributed by atoms with Gasteiger partial charge in [-0.15, -0.1) is 10.2 Å². The van der Waals surface area contributed by atoms with Gasteiger partial charge in [-0.05, 0) is 13.3 Å². The van der Waals surface area contributed by atoms with Crippen molar-refractivity contribution >= 4 is 0 Å². The molecule has 12 heavy (non-hydrogen) atoms. The van der Waals surface area contributed by atoms with Crippen LogP contribution in [-0.4, -0.2) is 28.5 Å². The van der Waals surface area contributed by atoms with E-state index in [4.69, 9.17) is 4.74 Å². The predicted octanol–water partition coefficient (Wildman–Crippen LogP) is 0.877. The van der Waals surface area contributed by atoms with Crippen LogP contribution in [0.1, 0.15) is 19.2 Å². The first kappa shape index (κ1) is 9.19. The highest BCUT2D eigenvalue weighted by Gasteiger charge is 2.00. The van der Waals surface area contributed by atoms with E-state index in [0.29, 0.717) is 0 Å². The van der Waals surface area contributed by atoms with E-state index >= 15 is 0 Å². The summed E-state index contributed by atoms with van der Waals surface area (Å²) in [4.78, 5) is 0. The average molecular weight is 169 g/mol. The molecule has 1 heterocycles. The molecule has 0 radical (unpaired) electrons. The van der Waals surface area contributed by atoms with Gasteiger partial charge in [0.15, 0.2) is 0 Å². The van der Waals surface area contributed by atoms with Crippen molar-refractivity contribution in [1.82, 2.24) is 14.8 Å². The summed E-state index contributed by atoms with van der Waals surface area (Å²) in [6.45, 7) is 3.81. The molecule has 0 aliphatic heterocycles. The summed E-state index contributed by atoms with van der Waals surface area (Å²) >= 11 is 0. The van der Waals surface area contributed by atoms with Crippen LogP contribution in [0.2, 0.25) is 0 Å². The minimum Gasteiger partial charge on any atom is -0.385 e. The zero-order valence-electron chi connectivity index (χ0n) is 7.66. The second kappa shape index (κ2) is 4.87. The molecule has 0 aliphatic rings. The van der Waals surface area contributed by atoms with Crippen molar-refractivity contribution in [3.8, 4) is 0 Å². The van der Waals surface area contributed by atoms with Gasteiger partial charge < -0.3 is 9.30 Å². The summed E-state index contributed by atoms with van der Waals surface area (Å²) in [5.41, 5.74) is 0. The highest BCUT2D eigenvalue weighted by Crippen LogP contribution is 1.98. The number of methoxy groups -OCH3 is 1. The second-order valence-electron chi connectivity index (χ2n) is 2.63. The van der Waals surface area contributed by atoms with Crippen molar-refractivity contribution in [3.63, 3.8) is 0 Å². The number of aromatic nitrogens is 3. The first-order valence-electron chi connectivity index (χ1n) is 4.24. The number of ether oxygens (including phenoxy) is 1. The third-order valence-corrected chi connectivity index (χ3v) is 1.79. The Bertz CT molecular complexity index is 222. The predicted molar refractivity (Wildman–Crippen MR) is 45.9 cm³/mol. The van der Waals surface area contributed by atoms with Crippen molar-refractivity contribution in [2.24, 2.45) is 0 Å². The van der Waals surface area contributed by atoms with Gasteiger partial charge in [0.1, 0.15) is 12.2 Å². The number of aryl methyl sites for hydroxylation is 2. The molecule has 0 fully saturated rings. The molecule has 0 saturated heterocycles. The topological polar surface area (TPSA) is 39.9 Å². The van der Waals surface area contributed by atoms with Crippen molar-refractivity contribution in [2.45, 2.75) is 26.3 Å². The Hall–Kier alpha value is -0.900. The fourth-order valence-corrected chi connectivity index (χ4v) is 1.11. The van der Waals surface area contributed by atoms with Gasteiger partial charge >= 0.3 is 0 Å². The monoisotopic (exact) mass is 169 g/mol. The summed E-state index contributed by atoms with van der Waals surface area (Å²) < 4.78 is 7.01. The van der Waals surface area contributed by atoms with Gasteiger partial charge in [-0.2, -0.15) is 0 Å².